The van der Waals surface area contributed by atoms with Crippen molar-refractivity contribution < 1.29 is 19.8 Å². The first-order chi connectivity index (χ1) is 6.63. The van der Waals surface area contributed by atoms with Gasteiger partial charge in [-0.15, -0.1) is 39.5 Å². The topological polar surface area (TPSA) is 74.6 Å². The Kier molecular flexibility index (Phi) is 49.7. The fourth-order valence-electron chi connectivity index (χ4n) is 0.143. The standard InChI is InChI=1S/C4H4O4.3C2H4/c5-3(6)1-2-4(7)8;3*1-2/h1-2H,(H,5,6)(H,7,8);3*1-2H2. The van der Waals surface area contributed by atoms with Crippen molar-refractivity contribution in [2.24, 2.45) is 0 Å². The van der Waals surface area contributed by atoms with E-state index in [0.717, 1.165) is 0 Å². The number of hydrogen-bond donors (Lipinski definition) is 2. The average Bonchev–Trinajstić information content (AvgIpc) is 2.24. The molecule has 0 rings (SSSR count). The summed E-state index contributed by atoms with van der Waals surface area (Å²) in [5, 5.41) is 15.6. The number of carboxylic acid groups (broad SMARTS) is 2. The van der Waals surface area contributed by atoms with Crippen LogP contribution in [0.25, 0.3) is 0 Å². The Bertz CT molecular complexity index is 152. The fraction of sp³-hybridized carbons (Fsp3) is 0. The van der Waals surface area contributed by atoms with E-state index in [1.54, 1.807) is 0 Å². The molecule has 0 aliphatic rings. The first-order valence-corrected chi connectivity index (χ1v) is 3.27. The van der Waals surface area contributed by atoms with Gasteiger partial charge in [-0.3, -0.25) is 0 Å². The monoisotopic (exact) mass is 200 g/mol. The molecule has 80 valence electrons. The summed E-state index contributed by atoms with van der Waals surface area (Å²) in [5.74, 6) is -2.51. The molecule has 0 unspecified atom stereocenters. The largest absolute Gasteiger partial charge is 0.478 e. The minimum atomic E-state index is -1.26. The molecule has 14 heavy (non-hydrogen) atoms. The fourth-order valence-corrected chi connectivity index (χ4v) is 0.143. The molecule has 0 aliphatic heterocycles. The van der Waals surface area contributed by atoms with Gasteiger partial charge in [-0.05, 0) is 0 Å². The van der Waals surface area contributed by atoms with Gasteiger partial charge >= 0.3 is 11.9 Å². The highest BCUT2D eigenvalue weighted by Gasteiger charge is 1.88. The van der Waals surface area contributed by atoms with E-state index in [0.29, 0.717) is 12.2 Å². The van der Waals surface area contributed by atoms with Crippen LogP contribution in [0.3, 0.4) is 0 Å². The van der Waals surface area contributed by atoms with Gasteiger partial charge in [-0.2, -0.15) is 0 Å². The van der Waals surface area contributed by atoms with Crippen LogP contribution in [-0.2, 0) is 9.59 Å². The molecule has 0 spiro atoms. The molecule has 0 saturated carbocycles. The predicted octanol–water partition coefficient (Wildman–Crippen LogP) is 2.12. The van der Waals surface area contributed by atoms with Crippen LogP contribution in [0.5, 0.6) is 0 Å². The Morgan fingerprint density at radius 2 is 0.857 bits per heavy atom. The SMILES string of the molecule is C=C.C=C.C=C.O=C(O)C=CC(=O)O. The van der Waals surface area contributed by atoms with Crippen molar-refractivity contribution in [3.8, 4) is 0 Å². The molecular weight excluding hydrogens is 184 g/mol. The van der Waals surface area contributed by atoms with Crippen LogP contribution in [0.15, 0.2) is 51.6 Å². The van der Waals surface area contributed by atoms with Crippen molar-refractivity contribution >= 4 is 11.9 Å². The van der Waals surface area contributed by atoms with Crippen LogP contribution < -0.4 is 0 Å². The van der Waals surface area contributed by atoms with Gasteiger partial charge in [0, 0.05) is 12.2 Å². The van der Waals surface area contributed by atoms with Crippen molar-refractivity contribution in [2.75, 3.05) is 0 Å². The Labute approximate surface area is 84.2 Å². The van der Waals surface area contributed by atoms with E-state index < -0.39 is 11.9 Å². The number of hydrogen-bond acceptors (Lipinski definition) is 2. The zero-order chi connectivity index (χ0) is 12.6. The van der Waals surface area contributed by atoms with Gasteiger partial charge in [0.15, 0.2) is 0 Å². The Morgan fingerprint density at radius 1 is 0.714 bits per heavy atom. The lowest BCUT2D eigenvalue weighted by Crippen LogP contribution is -1.91. The first kappa shape index (κ1) is 22.7. The number of rotatable bonds is 2. The second kappa shape index (κ2) is 30.7. The lowest BCUT2D eigenvalue weighted by Gasteiger charge is -1.74. The number of carbonyl (C=O) groups is 2. The molecule has 4 heteroatoms. The van der Waals surface area contributed by atoms with Crippen LogP contribution in [0, 0.1) is 0 Å². The summed E-state index contributed by atoms with van der Waals surface area (Å²) in [4.78, 5) is 19.1. The molecule has 2 N–H and O–H groups in total. The zero-order valence-corrected chi connectivity index (χ0v) is 8.11. The maximum absolute atomic E-state index is 9.55. The maximum Gasteiger partial charge on any atom is 0.328 e. The molecule has 0 saturated heterocycles. The first-order valence-electron chi connectivity index (χ1n) is 3.27. The molecule has 0 fully saturated rings. The van der Waals surface area contributed by atoms with Crippen molar-refractivity contribution in [1.29, 1.82) is 0 Å². The van der Waals surface area contributed by atoms with Crippen molar-refractivity contribution in [1.82, 2.24) is 0 Å². The van der Waals surface area contributed by atoms with Crippen LogP contribution in [-0.4, -0.2) is 22.2 Å². The van der Waals surface area contributed by atoms with Gasteiger partial charge in [-0.25, -0.2) is 9.59 Å². The molecule has 0 bridgehead atoms. The minimum absolute atomic E-state index is 0.558. The van der Waals surface area contributed by atoms with E-state index in [1.807, 2.05) is 0 Å². The number of aliphatic carboxylic acids is 2. The average molecular weight is 200 g/mol. The lowest BCUT2D eigenvalue weighted by atomic mass is 10.5. The van der Waals surface area contributed by atoms with Gasteiger partial charge in [0.25, 0.3) is 0 Å². The van der Waals surface area contributed by atoms with Crippen molar-refractivity contribution in [3.63, 3.8) is 0 Å². The van der Waals surface area contributed by atoms with E-state index in [9.17, 15) is 9.59 Å². The predicted molar refractivity (Wildman–Crippen MR) is 58.2 cm³/mol. The molecule has 4 nitrogen and oxygen atoms in total. The number of carboxylic acids is 2. The van der Waals surface area contributed by atoms with Crippen LogP contribution in [0.2, 0.25) is 0 Å². The van der Waals surface area contributed by atoms with E-state index in [-0.39, 0.29) is 0 Å². The van der Waals surface area contributed by atoms with Gasteiger partial charge in [-0.1, -0.05) is 0 Å². The third kappa shape index (κ3) is 93.2. The van der Waals surface area contributed by atoms with E-state index >= 15 is 0 Å². The Hall–Kier alpha value is -2.10. The van der Waals surface area contributed by atoms with Gasteiger partial charge in [0.05, 0.1) is 0 Å². The summed E-state index contributed by atoms with van der Waals surface area (Å²) in [7, 11) is 0. The Balaban J connectivity index is -0.0000000708. The summed E-state index contributed by atoms with van der Waals surface area (Å²) >= 11 is 0. The zero-order valence-electron chi connectivity index (χ0n) is 8.11. The minimum Gasteiger partial charge on any atom is -0.478 e. The quantitative estimate of drug-likeness (QED) is 0.529. The third-order valence-electron chi connectivity index (χ3n) is 0.368. The van der Waals surface area contributed by atoms with Crippen LogP contribution >= 0.6 is 0 Å². The molecule has 0 aromatic rings. The van der Waals surface area contributed by atoms with Gasteiger partial charge in [0.2, 0.25) is 0 Å². The summed E-state index contributed by atoms with van der Waals surface area (Å²) in [5.41, 5.74) is 0. The Morgan fingerprint density at radius 3 is 0.929 bits per heavy atom. The van der Waals surface area contributed by atoms with Crippen molar-refractivity contribution in [3.05, 3.63) is 51.6 Å². The molecular formula is C10H16O4. The van der Waals surface area contributed by atoms with Gasteiger partial charge in [0.1, 0.15) is 0 Å². The normalized spacial score (nSPS) is 6.29. The maximum atomic E-state index is 9.55. The van der Waals surface area contributed by atoms with Crippen molar-refractivity contribution in [2.45, 2.75) is 0 Å². The second-order valence-electron chi connectivity index (χ2n) is 1.01. The highest BCUT2D eigenvalue weighted by atomic mass is 16.4. The highest BCUT2D eigenvalue weighted by Crippen LogP contribution is 1.70. The lowest BCUT2D eigenvalue weighted by molar-refractivity contribution is -0.134. The molecule has 0 aliphatic carbocycles. The second-order valence-corrected chi connectivity index (χ2v) is 1.01. The third-order valence-corrected chi connectivity index (χ3v) is 0.368. The molecule has 0 heterocycles. The summed E-state index contributed by atoms with van der Waals surface area (Å²) in [6.45, 7) is 18.0. The summed E-state index contributed by atoms with van der Waals surface area (Å²) < 4.78 is 0. The summed E-state index contributed by atoms with van der Waals surface area (Å²) in [6, 6.07) is 0. The van der Waals surface area contributed by atoms with Crippen LogP contribution in [0.1, 0.15) is 0 Å². The van der Waals surface area contributed by atoms with Crippen LogP contribution in [0.4, 0.5) is 0 Å². The molecule has 0 radical (unpaired) electrons. The molecule has 0 aromatic heterocycles. The summed E-state index contributed by atoms with van der Waals surface area (Å²) in [6.07, 6.45) is 1.12. The van der Waals surface area contributed by atoms with E-state index in [2.05, 4.69) is 39.5 Å². The van der Waals surface area contributed by atoms with E-state index in [4.69, 9.17) is 10.2 Å². The van der Waals surface area contributed by atoms with Gasteiger partial charge < -0.3 is 10.2 Å². The van der Waals surface area contributed by atoms with E-state index in [1.165, 1.54) is 0 Å². The molecule has 0 aromatic carbocycles. The highest BCUT2D eigenvalue weighted by molar-refractivity contribution is 5.89. The smallest absolute Gasteiger partial charge is 0.328 e. The molecule has 0 atom stereocenters. The molecule has 0 amide bonds.